The van der Waals surface area contributed by atoms with Crippen molar-refractivity contribution >= 4 is 174 Å². The lowest BCUT2D eigenvalue weighted by atomic mass is 9.81. The van der Waals surface area contributed by atoms with Gasteiger partial charge >= 0.3 is 13.1 Å². The van der Waals surface area contributed by atoms with Gasteiger partial charge in [0.2, 0.25) is 0 Å². The summed E-state index contributed by atoms with van der Waals surface area (Å²) in [7, 11) is 2.94. The maximum Gasteiger partial charge on any atom is 0.488 e. The molecule has 0 aliphatic carbocycles. The Hall–Kier alpha value is -12.9. The number of amides is 2. The number of H-pyrrole nitrogens is 3. The summed E-state index contributed by atoms with van der Waals surface area (Å²) in [4.78, 5) is 65.1. The Morgan fingerprint density at radius 3 is 1.06 bits per heavy atom. The molecule has 0 spiro atoms. The number of carboxylic acids is 1. The summed E-state index contributed by atoms with van der Waals surface area (Å²) in [6, 6.07) is 108. The van der Waals surface area contributed by atoms with E-state index in [0.29, 0.717) is 26.1 Å². The van der Waals surface area contributed by atoms with Crippen LogP contribution in [0, 0.1) is 54.4 Å². The third kappa shape index (κ3) is 24.3. The van der Waals surface area contributed by atoms with Gasteiger partial charge in [0.1, 0.15) is 72.6 Å². The van der Waals surface area contributed by atoms with Crippen LogP contribution in [0.3, 0.4) is 0 Å². The van der Waals surface area contributed by atoms with Crippen LogP contribution >= 0.6 is 46.4 Å². The van der Waals surface area contributed by atoms with Crippen molar-refractivity contribution in [2.24, 2.45) is 0 Å². The number of anilines is 3. The van der Waals surface area contributed by atoms with Gasteiger partial charge in [-0.05, 0) is 296 Å². The minimum absolute atomic E-state index is 0.0503. The first-order chi connectivity index (χ1) is 61.2. The molecule has 0 saturated carbocycles. The van der Waals surface area contributed by atoms with Crippen molar-refractivity contribution in [2.45, 2.75) is 54.4 Å². The van der Waals surface area contributed by atoms with Crippen LogP contribution in [-0.2, 0) is 0 Å². The number of carboxylic acid groups (broad SMARTS) is 1. The molecule has 24 heteroatoms. The minimum Gasteiger partial charge on any atom is -0.477 e. The zero-order valence-electron chi connectivity index (χ0n) is 71.6. The number of fused-ring (bicyclic) bond motifs is 3. The number of nitrogens with one attached hydrogen (secondary N) is 5. The van der Waals surface area contributed by atoms with Gasteiger partial charge in [-0.1, -0.05) is 127 Å². The first-order valence-electron chi connectivity index (χ1n) is 40.7. The number of aromatic nitrogens is 8. The molecular weight excluding hydrogens is 1710 g/mol. The fraction of sp³-hybridized carbons (Fsp3) is 0.100. The van der Waals surface area contributed by atoms with Crippen molar-refractivity contribution in [3.05, 3.63) is 400 Å². The topological polar surface area (TPSA) is 274 Å². The van der Waals surface area contributed by atoms with Crippen LogP contribution in [-0.4, -0.2) is 108 Å². The number of halogens is 2. The molecule has 17 aromatic rings. The fourth-order valence-electron chi connectivity index (χ4n) is 14.3. The number of nitrogens with zero attached hydrogens (tertiary/aromatic N) is 5. The Kier molecular flexibility index (Phi) is 34.3. The Balaban J connectivity index is 0.000000184. The predicted molar refractivity (Wildman–Crippen MR) is 529 cm³/mol. The highest BCUT2D eigenvalue weighted by Gasteiger charge is 2.47. The molecule has 2 amide bonds. The molecule has 17 rings (SSSR count). The second-order valence-corrected chi connectivity index (χ2v) is 37.3. The maximum atomic E-state index is 12.6. The quantitative estimate of drug-likeness (QED) is 0.00969. The van der Waals surface area contributed by atoms with Gasteiger partial charge in [0.15, 0.2) is 0 Å². The normalized spacial score (nSPS) is 10.6. The average Bonchev–Trinajstić information content (AvgIpc) is 1.12. The van der Waals surface area contributed by atoms with Crippen molar-refractivity contribution in [2.75, 3.05) is 28.7 Å². The Labute approximate surface area is 748 Å². The number of nitrogens with two attached hydrogens (primary N) is 1. The molecule has 0 atom stereocenters. The number of pyridine rings is 5. The van der Waals surface area contributed by atoms with E-state index in [0.717, 1.165) is 73.8 Å². The minimum atomic E-state index is -1.84. The molecule has 8 aromatic heterocycles. The van der Waals surface area contributed by atoms with Crippen LogP contribution in [0.25, 0.3) is 44.0 Å². The van der Waals surface area contributed by atoms with Gasteiger partial charge in [-0.15, -0.1) is 12.8 Å². The summed E-state index contributed by atoms with van der Waals surface area (Å²) in [6.07, 6.45) is 19.1. The summed E-state index contributed by atoms with van der Waals surface area (Å²) in [6.45, 7) is 12.4. The standard InChI is InChI=1S/C40H38P2.C21H18N4O.C16H14BrN3O.C10H12N2.C6H4BrNO2.C5H6BNO2.C2H2.B2.H2/c1-7-21-35(22-8-1)41(36-23-9-2-10-24-36,37-25-11-3-12-26-37)33-19-20-34-42(38-27-13-4-14-28-38,39-29-15-5-16-30-39)40-31-17-6-18-32-40;1-13-14(2)23-19-7-6-16(12-17(13)19)24-21(26)20-5-3-4-18(25-20)15-8-10-22-11-9-15;1-9-10(2)18-13-7-6-11(8-12(9)13)19-16(21)14-4-3-5-15(17)20-14;1-6-7(2)12-10-4-3-8(11)5-9(6)10;7-5-3-1-2-4(8-5)6(9)10;8-6(9)5-1-3-7-4-2-5;2*1-2;/h1-18,21-32H,19-20,33-34H2;3-12,23H,1-2H3,(H,24,26);3-8,18H,1-2H3,(H,19,21);3-5,12H,11H2,1-2H3;1-3H,(H,9,10);1-4,8-9H;1-2H;;1H/q+2;;;;;;;;/i;;;;;;;;1+1D. The van der Waals surface area contributed by atoms with E-state index in [1.165, 1.54) is 96.4 Å². The van der Waals surface area contributed by atoms with E-state index in [2.05, 4.69) is 320 Å². The van der Waals surface area contributed by atoms with Gasteiger partial charge in [-0.2, -0.15) is 0 Å². The highest BCUT2D eigenvalue weighted by molar-refractivity contribution is 9.10. The number of carbonyl (C=O) groups is 3. The van der Waals surface area contributed by atoms with E-state index in [4.69, 9.17) is 23.9 Å². The summed E-state index contributed by atoms with van der Waals surface area (Å²) < 4.78 is 11.2. The van der Waals surface area contributed by atoms with E-state index < -0.39 is 27.6 Å². The largest absolute Gasteiger partial charge is 0.488 e. The molecule has 0 fully saturated rings. The molecule has 0 aliphatic rings. The molecule has 8 heterocycles. The number of benzene rings is 9. The number of carbonyl (C=O) groups excluding carboxylic acids is 2. The van der Waals surface area contributed by atoms with Gasteiger partial charge in [-0.25, -0.2) is 19.7 Å². The fourth-order valence-corrected chi connectivity index (χ4v) is 23.8. The van der Waals surface area contributed by atoms with Crippen LogP contribution in [0.4, 0.5) is 17.1 Å². The molecule has 9 aromatic carbocycles. The van der Waals surface area contributed by atoms with E-state index in [-0.39, 0.29) is 17.5 Å². The van der Waals surface area contributed by atoms with Crippen LogP contribution < -0.4 is 53.7 Å². The van der Waals surface area contributed by atoms with Gasteiger partial charge < -0.3 is 46.5 Å². The molecule has 618 valence electrons. The zero-order valence-corrected chi connectivity index (χ0v) is 74.5. The highest BCUT2D eigenvalue weighted by Crippen LogP contribution is 2.59. The Bertz CT molecular complexity index is 6000. The molecule has 17 nitrogen and oxygen atoms in total. The van der Waals surface area contributed by atoms with E-state index in [1.807, 2.05) is 92.7 Å². The maximum absolute atomic E-state index is 12.6. The van der Waals surface area contributed by atoms with Gasteiger partial charge in [0.05, 0.1) is 18.0 Å². The van der Waals surface area contributed by atoms with E-state index in [1.54, 1.807) is 60.9 Å². The Morgan fingerprint density at radius 1 is 0.419 bits per heavy atom. The zero-order chi connectivity index (χ0) is 90.6. The number of nitrogen functional groups attached to an aromatic ring is 1. The number of hydrogen-bond donors (Lipinski definition) is 9. The number of unbranched alkanes of at least 4 members (excludes halogenated alkanes) is 1. The first kappa shape index (κ1) is 91.8. The number of aromatic carboxylic acids is 1. The predicted octanol–water partition coefficient (Wildman–Crippen LogP) is 18.8. The van der Waals surface area contributed by atoms with E-state index in [9.17, 15) is 14.4 Å². The molecule has 10 N–H and O–H groups in total. The highest BCUT2D eigenvalue weighted by atomic mass is 79.9. The first-order valence-corrected chi connectivity index (χ1v) is 45.3. The van der Waals surface area contributed by atoms with Crippen LogP contribution in [0.1, 0.15) is 81.0 Å². The summed E-state index contributed by atoms with van der Waals surface area (Å²) in [5, 5.41) is 43.6. The molecular formula is C100H96B3Br2N11O6P2+2. The lowest BCUT2D eigenvalue weighted by molar-refractivity contribution is 0.0689. The number of hydrogen-bond acceptors (Lipinski definition) is 11. The van der Waals surface area contributed by atoms with Crippen LogP contribution in [0.15, 0.2) is 349 Å². The van der Waals surface area contributed by atoms with Crippen molar-refractivity contribution in [1.82, 2.24) is 39.9 Å². The molecule has 4 radical (unpaired) electrons. The van der Waals surface area contributed by atoms with Crippen molar-refractivity contribution < 1.29 is 32.5 Å². The molecule has 124 heavy (non-hydrogen) atoms. The second-order valence-electron chi connectivity index (χ2n) is 28.4. The van der Waals surface area contributed by atoms with Crippen LogP contribution in [0.5, 0.6) is 0 Å². The number of aromatic amines is 3. The molecule has 0 bridgehead atoms. The monoisotopic (exact) mass is 1800 g/mol. The summed E-state index contributed by atoms with van der Waals surface area (Å²) in [5.74, 6) is -1.47. The van der Waals surface area contributed by atoms with Gasteiger partial charge in [0, 0.05) is 116 Å². The molecule has 0 saturated heterocycles. The summed E-state index contributed by atoms with van der Waals surface area (Å²) >= 11 is 6.32. The SMILES string of the molecule is C#C.Cc1[nH]c2ccc(N)cc2c1C.Cc1[nH]c2ccc(NC(=O)c3cccc(-c4ccncc4)n3)cc2c1C.Cc1[nH]c2ccc(NC(=O)c3cccc(Br)n3)cc2c1C.O=C(O)c1cccc(Br)n1.OB(O)c1ccncc1.[2H][2H].[B][B].c1ccc([P+](CCCC[P+](c2ccccc2)(c2ccccc2)c2ccccc2)(c2ccccc2)c2ccccc2)cc1. The lowest BCUT2D eigenvalue weighted by Crippen LogP contribution is -2.34. The third-order valence-electron chi connectivity index (χ3n) is 20.7. The Morgan fingerprint density at radius 2 is 0.734 bits per heavy atom. The summed E-state index contributed by atoms with van der Waals surface area (Å²) in [5.41, 5.74) is 21.4. The molecule has 0 unspecified atom stereocenters. The number of terminal acetylenes is 1. The third-order valence-corrected chi connectivity index (χ3v) is 30.7. The van der Waals surface area contributed by atoms with Crippen molar-refractivity contribution in [1.29, 1.82) is 0 Å². The number of rotatable bonds is 18. The molecule has 0 aliphatic heterocycles. The number of aryl methyl sites for hydroxylation is 6. The lowest BCUT2D eigenvalue weighted by Gasteiger charge is -2.29. The van der Waals surface area contributed by atoms with E-state index >= 15 is 0 Å². The second kappa shape index (κ2) is 46.3. The van der Waals surface area contributed by atoms with Gasteiger partial charge in [-0.3, -0.25) is 19.6 Å². The van der Waals surface area contributed by atoms with Crippen molar-refractivity contribution in [3.63, 3.8) is 0 Å². The van der Waals surface area contributed by atoms with Crippen LogP contribution in [0.2, 0.25) is 0 Å². The smallest absolute Gasteiger partial charge is 0.477 e. The van der Waals surface area contributed by atoms with Gasteiger partial charge in [0.25, 0.3) is 11.8 Å². The van der Waals surface area contributed by atoms with Crippen molar-refractivity contribution in [3.8, 4) is 24.1 Å². The average molecular weight is 1800 g/mol.